The second kappa shape index (κ2) is 12.9. The van der Waals surface area contributed by atoms with Crippen LogP contribution in [0.4, 0.5) is 43.9 Å². The molecule has 234 valence electrons. The van der Waals surface area contributed by atoms with Crippen molar-refractivity contribution in [3.8, 4) is 5.75 Å². The maximum absolute atomic E-state index is 15.2. The summed E-state index contributed by atoms with van der Waals surface area (Å²) < 4.78 is 139. The number of nitrogens with one attached hydrogen (secondary N) is 1. The van der Waals surface area contributed by atoms with Crippen LogP contribution < -0.4 is 10.1 Å². The smallest absolute Gasteiger partial charge is 0.416 e. The first-order valence-corrected chi connectivity index (χ1v) is 12.9. The molecule has 0 aliphatic rings. The van der Waals surface area contributed by atoms with Gasteiger partial charge in [0.05, 0.1) is 35.4 Å². The zero-order valence-corrected chi connectivity index (χ0v) is 22.4. The minimum Gasteiger partial charge on any atom is -0.489 e. The van der Waals surface area contributed by atoms with Gasteiger partial charge in [0, 0.05) is 5.56 Å². The molecule has 0 heterocycles. The second-order valence-corrected chi connectivity index (χ2v) is 9.75. The Bertz CT molecular complexity index is 1560. The van der Waals surface area contributed by atoms with Crippen LogP contribution in [-0.2, 0) is 25.1 Å². The summed E-state index contributed by atoms with van der Waals surface area (Å²) in [6, 6.07) is 13.5. The number of ether oxygens (including phenoxy) is 1. The normalized spacial score (nSPS) is 13.9. The second-order valence-electron chi connectivity index (χ2n) is 9.75. The molecular formula is C31H23F10NO2. The quantitative estimate of drug-likeness (QED) is 0.181. The van der Waals surface area contributed by atoms with Crippen LogP contribution in [0.1, 0.15) is 51.0 Å². The third-order valence-electron chi connectivity index (χ3n) is 6.68. The number of hydrogen-bond donors (Lipinski definition) is 2. The first kappa shape index (κ1) is 32.8. The molecule has 13 heteroatoms. The lowest BCUT2D eigenvalue weighted by Crippen LogP contribution is -2.30. The summed E-state index contributed by atoms with van der Waals surface area (Å²) >= 11 is 0. The van der Waals surface area contributed by atoms with Gasteiger partial charge in [0.25, 0.3) is 0 Å². The van der Waals surface area contributed by atoms with Crippen molar-refractivity contribution in [2.24, 2.45) is 0 Å². The van der Waals surface area contributed by atoms with Crippen molar-refractivity contribution in [3.63, 3.8) is 0 Å². The van der Waals surface area contributed by atoms with Crippen LogP contribution in [0.2, 0.25) is 0 Å². The van der Waals surface area contributed by atoms with Crippen molar-refractivity contribution < 1.29 is 53.7 Å². The van der Waals surface area contributed by atoms with Gasteiger partial charge in [-0.15, -0.1) is 0 Å². The number of benzene rings is 4. The van der Waals surface area contributed by atoms with Gasteiger partial charge in [-0.1, -0.05) is 42.5 Å². The SMILES string of the molecule is OCC(NC(c1cccc(OCc2cccc(C(F)(F)F)c2)c1)c1ccc(C(F)(F)F)cc1F)c1ccc(C(F)(F)F)cc1. The molecule has 0 aliphatic heterocycles. The third kappa shape index (κ3) is 8.08. The third-order valence-corrected chi connectivity index (χ3v) is 6.68. The Balaban J connectivity index is 1.68. The molecule has 4 aromatic rings. The van der Waals surface area contributed by atoms with E-state index in [4.69, 9.17) is 4.74 Å². The van der Waals surface area contributed by atoms with E-state index in [1.165, 1.54) is 36.4 Å². The lowest BCUT2D eigenvalue weighted by atomic mass is 9.94. The van der Waals surface area contributed by atoms with Gasteiger partial charge in [0.1, 0.15) is 18.2 Å². The largest absolute Gasteiger partial charge is 0.489 e. The van der Waals surface area contributed by atoms with Crippen LogP contribution in [0.25, 0.3) is 0 Å². The molecule has 0 aliphatic carbocycles. The Morgan fingerprint density at radius 2 is 1.23 bits per heavy atom. The molecule has 0 fully saturated rings. The fourth-order valence-corrected chi connectivity index (χ4v) is 4.45. The van der Waals surface area contributed by atoms with Crippen molar-refractivity contribution in [1.29, 1.82) is 0 Å². The first-order chi connectivity index (χ1) is 20.6. The van der Waals surface area contributed by atoms with E-state index in [2.05, 4.69) is 5.32 Å². The highest BCUT2D eigenvalue weighted by Crippen LogP contribution is 2.36. The lowest BCUT2D eigenvalue weighted by Gasteiger charge is -2.27. The van der Waals surface area contributed by atoms with Crippen LogP contribution in [0.3, 0.4) is 0 Å². The molecule has 4 rings (SSSR count). The topological polar surface area (TPSA) is 41.5 Å². The molecule has 0 bridgehead atoms. The Morgan fingerprint density at radius 3 is 1.82 bits per heavy atom. The molecule has 2 N–H and O–H groups in total. The van der Waals surface area contributed by atoms with E-state index in [9.17, 15) is 44.6 Å². The molecule has 0 saturated carbocycles. The zero-order valence-electron chi connectivity index (χ0n) is 22.4. The molecule has 0 amide bonds. The molecule has 44 heavy (non-hydrogen) atoms. The van der Waals surface area contributed by atoms with Crippen LogP contribution in [0, 0.1) is 5.82 Å². The summed E-state index contributed by atoms with van der Waals surface area (Å²) in [4.78, 5) is 0. The number of rotatable bonds is 9. The van der Waals surface area contributed by atoms with Gasteiger partial charge in [0.15, 0.2) is 0 Å². The Morgan fingerprint density at radius 1 is 0.636 bits per heavy atom. The molecular weight excluding hydrogens is 608 g/mol. The number of alkyl halides is 9. The molecule has 2 unspecified atom stereocenters. The van der Waals surface area contributed by atoms with E-state index in [-0.39, 0.29) is 34.6 Å². The van der Waals surface area contributed by atoms with Crippen LogP contribution in [0.5, 0.6) is 5.75 Å². The van der Waals surface area contributed by atoms with Crippen molar-refractivity contribution in [2.45, 2.75) is 37.2 Å². The number of aliphatic hydroxyl groups is 1. The maximum Gasteiger partial charge on any atom is 0.416 e. The van der Waals surface area contributed by atoms with Gasteiger partial charge < -0.3 is 9.84 Å². The van der Waals surface area contributed by atoms with E-state index in [0.717, 1.165) is 42.5 Å². The van der Waals surface area contributed by atoms with E-state index >= 15 is 4.39 Å². The summed E-state index contributed by atoms with van der Waals surface area (Å²) in [6.45, 7) is -0.971. The number of halogens is 10. The molecule has 4 aromatic carbocycles. The summed E-state index contributed by atoms with van der Waals surface area (Å²) in [6.07, 6.45) is -14.0. The van der Waals surface area contributed by atoms with Gasteiger partial charge in [-0.05, 0) is 65.2 Å². The van der Waals surface area contributed by atoms with E-state index < -0.39 is 59.7 Å². The Hall–Kier alpha value is -4.10. The Kier molecular flexibility index (Phi) is 9.59. The van der Waals surface area contributed by atoms with Crippen molar-refractivity contribution in [2.75, 3.05) is 6.61 Å². The highest BCUT2D eigenvalue weighted by Gasteiger charge is 2.33. The zero-order chi connectivity index (χ0) is 32.3. The fraction of sp³-hybridized carbons (Fsp3) is 0.226. The summed E-state index contributed by atoms with van der Waals surface area (Å²) in [5, 5.41) is 13.0. The van der Waals surface area contributed by atoms with Crippen LogP contribution in [0.15, 0.2) is 91.0 Å². The standard InChI is InChI=1S/C31H23F10NO2/c32-26-15-23(31(39,40)41)11-12-25(26)28(42-27(16-43)19-7-9-21(10-8-19)29(33,34)35)20-4-2-6-24(14-20)44-17-18-3-1-5-22(13-18)30(36,37)38/h1-15,27-28,42-43H,16-17H2. The average molecular weight is 632 g/mol. The average Bonchev–Trinajstić information content (AvgIpc) is 2.96. The predicted octanol–water partition coefficient (Wildman–Crippen LogP) is 8.87. The van der Waals surface area contributed by atoms with E-state index in [1.54, 1.807) is 0 Å². The van der Waals surface area contributed by atoms with Crippen molar-refractivity contribution in [3.05, 3.63) is 136 Å². The number of aliphatic hydroxyl groups excluding tert-OH is 1. The number of hydrogen-bond acceptors (Lipinski definition) is 3. The van der Waals surface area contributed by atoms with Gasteiger partial charge in [0.2, 0.25) is 0 Å². The van der Waals surface area contributed by atoms with Gasteiger partial charge in [-0.2, -0.15) is 39.5 Å². The first-order valence-electron chi connectivity index (χ1n) is 12.9. The summed E-state index contributed by atoms with van der Waals surface area (Å²) in [5.41, 5.74) is -2.78. The lowest BCUT2D eigenvalue weighted by molar-refractivity contribution is -0.138. The molecule has 0 saturated heterocycles. The molecule has 0 radical (unpaired) electrons. The van der Waals surface area contributed by atoms with Crippen molar-refractivity contribution in [1.82, 2.24) is 5.32 Å². The summed E-state index contributed by atoms with van der Waals surface area (Å²) in [5.74, 6) is -1.13. The molecule has 0 aromatic heterocycles. The Labute approximate surface area is 244 Å². The van der Waals surface area contributed by atoms with Crippen molar-refractivity contribution >= 4 is 0 Å². The minimum atomic E-state index is -4.84. The predicted molar refractivity (Wildman–Crippen MR) is 140 cm³/mol. The van der Waals surface area contributed by atoms with Gasteiger partial charge in [-0.3, -0.25) is 5.32 Å². The minimum absolute atomic E-state index is 0.120. The van der Waals surface area contributed by atoms with E-state index in [0.29, 0.717) is 12.1 Å². The fourth-order valence-electron chi connectivity index (χ4n) is 4.45. The molecule has 3 nitrogen and oxygen atoms in total. The van der Waals surface area contributed by atoms with E-state index in [1.807, 2.05) is 0 Å². The molecule has 2 atom stereocenters. The van der Waals surface area contributed by atoms with Crippen LogP contribution >= 0.6 is 0 Å². The highest BCUT2D eigenvalue weighted by atomic mass is 19.4. The monoisotopic (exact) mass is 631 g/mol. The molecule has 0 spiro atoms. The van der Waals surface area contributed by atoms with Gasteiger partial charge >= 0.3 is 18.5 Å². The van der Waals surface area contributed by atoms with Crippen LogP contribution in [-0.4, -0.2) is 11.7 Å². The summed E-state index contributed by atoms with van der Waals surface area (Å²) in [7, 11) is 0. The maximum atomic E-state index is 15.2. The van der Waals surface area contributed by atoms with Gasteiger partial charge in [-0.25, -0.2) is 4.39 Å². The highest BCUT2D eigenvalue weighted by molar-refractivity contribution is 5.40.